The largest absolute Gasteiger partial charge is 0.395 e. The van der Waals surface area contributed by atoms with Gasteiger partial charge in [0.1, 0.15) is 6.33 Å². The Morgan fingerprint density at radius 2 is 2.25 bits per heavy atom. The lowest BCUT2D eigenvalue weighted by molar-refractivity contribution is 0.0666. The summed E-state index contributed by atoms with van der Waals surface area (Å²) in [5.74, 6) is -0.215. The Labute approximate surface area is 117 Å². The number of hydrogen-bond acceptors (Lipinski definition) is 5. The number of carbonyl (C=O) groups excluding carboxylic acids is 1. The molecule has 0 saturated carbocycles. The molecular weight excluding hydrogens is 256 g/mol. The molecule has 0 unspecified atom stereocenters. The quantitative estimate of drug-likeness (QED) is 0.795. The Morgan fingerprint density at radius 1 is 1.45 bits per heavy atom. The molecule has 0 radical (unpaired) electrons. The minimum atomic E-state index is -0.215. The normalized spacial score (nSPS) is 11.2. The fourth-order valence-corrected chi connectivity index (χ4v) is 1.86. The van der Waals surface area contributed by atoms with Gasteiger partial charge in [-0.05, 0) is 26.0 Å². The van der Waals surface area contributed by atoms with E-state index in [-0.39, 0.29) is 18.6 Å². The molecule has 0 aliphatic carbocycles. The molecule has 2 rings (SSSR count). The number of amides is 1. The van der Waals surface area contributed by atoms with Crippen LogP contribution in [-0.2, 0) is 0 Å². The summed E-state index contributed by atoms with van der Waals surface area (Å²) in [5, 5.41) is 11.6. The van der Waals surface area contributed by atoms with Gasteiger partial charge in [-0.3, -0.25) is 10.2 Å². The molecule has 6 heteroatoms. The van der Waals surface area contributed by atoms with Crippen molar-refractivity contribution in [3.63, 3.8) is 0 Å². The lowest BCUT2D eigenvalue weighted by Gasteiger charge is -2.26. The van der Waals surface area contributed by atoms with Gasteiger partial charge in [0.05, 0.1) is 12.1 Å². The van der Waals surface area contributed by atoms with Gasteiger partial charge < -0.3 is 5.11 Å². The second-order valence-corrected chi connectivity index (χ2v) is 4.75. The number of rotatable bonds is 5. The van der Waals surface area contributed by atoms with Crippen molar-refractivity contribution >= 4 is 16.8 Å². The van der Waals surface area contributed by atoms with Crippen LogP contribution in [0.5, 0.6) is 0 Å². The van der Waals surface area contributed by atoms with Gasteiger partial charge >= 0.3 is 0 Å². The van der Waals surface area contributed by atoms with E-state index >= 15 is 0 Å². The number of nitrogens with one attached hydrogen (secondary N) is 1. The van der Waals surface area contributed by atoms with Crippen LogP contribution in [0.15, 0.2) is 30.7 Å². The maximum Gasteiger partial charge on any atom is 0.265 e. The third kappa shape index (κ3) is 3.28. The Kier molecular flexibility index (Phi) is 4.60. The molecule has 0 aliphatic heterocycles. The van der Waals surface area contributed by atoms with Crippen LogP contribution < -0.4 is 5.43 Å². The SMILES string of the molecule is CC(C)N(CCO)NC(=O)c1ccc2cncnc2c1. The molecule has 1 aromatic heterocycles. The van der Waals surface area contributed by atoms with E-state index in [2.05, 4.69) is 15.4 Å². The number of hydrogen-bond donors (Lipinski definition) is 2. The molecule has 1 aromatic carbocycles. The zero-order valence-electron chi connectivity index (χ0n) is 11.6. The molecule has 6 nitrogen and oxygen atoms in total. The Morgan fingerprint density at radius 3 is 2.95 bits per heavy atom. The van der Waals surface area contributed by atoms with Gasteiger partial charge in [0.15, 0.2) is 0 Å². The first-order chi connectivity index (χ1) is 9.61. The molecule has 1 amide bonds. The van der Waals surface area contributed by atoms with Crippen LogP contribution in [0.4, 0.5) is 0 Å². The van der Waals surface area contributed by atoms with Crippen LogP contribution in [0.1, 0.15) is 24.2 Å². The lowest BCUT2D eigenvalue weighted by atomic mass is 10.1. The number of carbonyl (C=O) groups is 1. The molecule has 0 bridgehead atoms. The summed E-state index contributed by atoms with van der Waals surface area (Å²) in [5.41, 5.74) is 4.04. The zero-order chi connectivity index (χ0) is 14.5. The molecule has 2 aromatic rings. The van der Waals surface area contributed by atoms with E-state index < -0.39 is 0 Å². The smallest absolute Gasteiger partial charge is 0.265 e. The van der Waals surface area contributed by atoms with E-state index in [0.717, 1.165) is 10.9 Å². The Balaban J connectivity index is 2.18. The highest BCUT2D eigenvalue weighted by Gasteiger charge is 2.14. The second-order valence-electron chi connectivity index (χ2n) is 4.75. The monoisotopic (exact) mass is 274 g/mol. The average molecular weight is 274 g/mol. The molecule has 106 valence electrons. The van der Waals surface area contributed by atoms with Crippen molar-refractivity contribution < 1.29 is 9.90 Å². The number of hydrazine groups is 1. The number of aliphatic hydroxyl groups is 1. The van der Waals surface area contributed by atoms with Crippen molar-refractivity contribution in [2.24, 2.45) is 0 Å². The lowest BCUT2D eigenvalue weighted by Crippen LogP contribution is -2.47. The number of nitrogens with zero attached hydrogens (tertiary/aromatic N) is 3. The number of fused-ring (bicyclic) bond motifs is 1. The first-order valence-electron chi connectivity index (χ1n) is 6.50. The molecule has 0 spiro atoms. The summed E-state index contributed by atoms with van der Waals surface area (Å²) in [6.45, 7) is 4.27. The summed E-state index contributed by atoms with van der Waals surface area (Å²) < 4.78 is 0. The van der Waals surface area contributed by atoms with Crippen LogP contribution in [0, 0.1) is 0 Å². The van der Waals surface area contributed by atoms with Crippen LogP contribution in [0.2, 0.25) is 0 Å². The molecule has 2 N–H and O–H groups in total. The van der Waals surface area contributed by atoms with Crippen LogP contribution >= 0.6 is 0 Å². The highest BCUT2D eigenvalue weighted by molar-refractivity contribution is 5.97. The van der Waals surface area contributed by atoms with Crippen LogP contribution in [-0.4, -0.2) is 45.2 Å². The van der Waals surface area contributed by atoms with Crippen LogP contribution in [0.25, 0.3) is 10.9 Å². The van der Waals surface area contributed by atoms with Gasteiger partial charge in [-0.1, -0.05) is 6.07 Å². The maximum absolute atomic E-state index is 12.2. The number of benzene rings is 1. The minimum absolute atomic E-state index is 0.0105. The van der Waals surface area contributed by atoms with Gasteiger partial charge in [-0.25, -0.2) is 15.0 Å². The predicted molar refractivity (Wildman–Crippen MR) is 75.9 cm³/mol. The van der Waals surface area contributed by atoms with Gasteiger partial charge in [-0.15, -0.1) is 0 Å². The van der Waals surface area contributed by atoms with Gasteiger partial charge in [0.2, 0.25) is 0 Å². The topological polar surface area (TPSA) is 78.4 Å². The van der Waals surface area contributed by atoms with Crippen LogP contribution in [0.3, 0.4) is 0 Å². The number of aliphatic hydroxyl groups excluding tert-OH is 1. The minimum Gasteiger partial charge on any atom is -0.395 e. The fraction of sp³-hybridized carbons (Fsp3) is 0.357. The first-order valence-corrected chi connectivity index (χ1v) is 6.50. The molecule has 0 fully saturated rings. The summed E-state index contributed by atoms with van der Waals surface area (Å²) in [6, 6.07) is 5.38. The second kappa shape index (κ2) is 6.40. The van der Waals surface area contributed by atoms with Crippen molar-refractivity contribution in [3.8, 4) is 0 Å². The van der Waals surface area contributed by atoms with Crippen molar-refractivity contribution in [2.75, 3.05) is 13.2 Å². The van der Waals surface area contributed by atoms with Crippen molar-refractivity contribution in [1.82, 2.24) is 20.4 Å². The molecule has 0 aliphatic rings. The van der Waals surface area contributed by atoms with Gasteiger partial charge in [0, 0.05) is 29.7 Å². The molecule has 1 heterocycles. The third-order valence-corrected chi connectivity index (χ3v) is 2.98. The summed E-state index contributed by atoms with van der Waals surface area (Å²) in [6.07, 6.45) is 3.16. The average Bonchev–Trinajstić information content (AvgIpc) is 2.46. The number of aromatic nitrogens is 2. The predicted octanol–water partition coefficient (Wildman–Crippen LogP) is 0.977. The van der Waals surface area contributed by atoms with Crippen molar-refractivity contribution in [2.45, 2.75) is 19.9 Å². The van der Waals surface area contributed by atoms with E-state index in [0.29, 0.717) is 12.1 Å². The summed E-state index contributed by atoms with van der Waals surface area (Å²) in [4.78, 5) is 20.3. The van der Waals surface area contributed by atoms with E-state index in [1.165, 1.54) is 6.33 Å². The third-order valence-electron chi connectivity index (χ3n) is 2.98. The Hall–Kier alpha value is -2.05. The molecule has 0 atom stereocenters. The summed E-state index contributed by atoms with van der Waals surface area (Å²) in [7, 11) is 0. The maximum atomic E-state index is 12.2. The highest BCUT2D eigenvalue weighted by Crippen LogP contribution is 2.12. The Bertz CT molecular complexity index is 600. The van der Waals surface area contributed by atoms with Crippen molar-refractivity contribution in [1.29, 1.82) is 0 Å². The molecular formula is C14H18N4O2. The summed E-state index contributed by atoms with van der Waals surface area (Å²) >= 11 is 0. The first kappa shape index (κ1) is 14.4. The van der Waals surface area contributed by atoms with Gasteiger partial charge in [0.25, 0.3) is 5.91 Å². The molecule has 20 heavy (non-hydrogen) atoms. The zero-order valence-corrected chi connectivity index (χ0v) is 11.6. The fourth-order valence-electron chi connectivity index (χ4n) is 1.86. The van der Waals surface area contributed by atoms with E-state index in [1.807, 2.05) is 19.9 Å². The van der Waals surface area contributed by atoms with Gasteiger partial charge in [-0.2, -0.15) is 0 Å². The highest BCUT2D eigenvalue weighted by atomic mass is 16.3. The van der Waals surface area contributed by atoms with E-state index in [9.17, 15) is 4.79 Å². The standard InChI is InChI=1S/C14H18N4O2/c1-10(2)18(5-6-19)17-14(20)11-3-4-12-8-15-9-16-13(12)7-11/h3-4,7-10,19H,5-6H2,1-2H3,(H,17,20). The molecule has 0 saturated heterocycles. The van der Waals surface area contributed by atoms with E-state index in [1.54, 1.807) is 23.3 Å². The van der Waals surface area contributed by atoms with E-state index in [4.69, 9.17) is 5.11 Å². The van der Waals surface area contributed by atoms with Crippen molar-refractivity contribution in [3.05, 3.63) is 36.3 Å².